The van der Waals surface area contributed by atoms with E-state index in [0.29, 0.717) is 36.6 Å². The molecule has 1 aliphatic heterocycles. The first-order chi connectivity index (χ1) is 12.5. The molecule has 1 aliphatic rings. The van der Waals surface area contributed by atoms with Crippen LogP contribution < -0.4 is 5.32 Å². The van der Waals surface area contributed by atoms with Gasteiger partial charge in [-0.25, -0.2) is 0 Å². The lowest BCUT2D eigenvalue weighted by molar-refractivity contribution is -0.136. The van der Waals surface area contributed by atoms with E-state index < -0.39 is 5.97 Å². The number of carboxylic acids is 1. The summed E-state index contributed by atoms with van der Waals surface area (Å²) < 4.78 is 0. The molecule has 2 rings (SSSR count). The Morgan fingerprint density at radius 1 is 1.31 bits per heavy atom. The Morgan fingerprint density at radius 2 is 2.12 bits per heavy atom. The Labute approximate surface area is 158 Å². The zero-order valence-electron chi connectivity index (χ0n) is 15.1. The maximum absolute atomic E-state index is 12.6. The Balaban J connectivity index is 1.91. The fourth-order valence-corrected chi connectivity index (χ4v) is 3.89. The van der Waals surface area contributed by atoms with Crippen molar-refractivity contribution in [3.8, 4) is 0 Å². The lowest BCUT2D eigenvalue weighted by Crippen LogP contribution is -2.43. The van der Waals surface area contributed by atoms with E-state index in [9.17, 15) is 14.4 Å². The number of carboxylic acid groups (broad SMARTS) is 1. The summed E-state index contributed by atoms with van der Waals surface area (Å²) in [6, 6.07) is 7.17. The van der Waals surface area contributed by atoms with Gasteiger partial charge in [0.05, 0.1) is 6.42 Å². The standard InChI is InChI=1S/C19H26N2O4S/c1-2-5-17(22)21-10-4-8-16(21)19(25)20-15-7-3-6-14(12-15)13-26-11-9-18(23)24/h3,6-7,12,16H,2,4-5,8-11,13H2,1H3,(H,20,25)(H,23,24). The van der Waals surface area contributed by atoms with Crippen molar-refractivity contribution < 1.29 is 19.5 Å². The molecule has 1 heterocycles. The van der Waals surface area contributed by atoms with Crippen LogP contribution in [0.3, 0.4) is 0 Å². The van der Waals surface area contributed by atoms with Gasteiger partial charge in [-0.1, -0.05) is 19.1 Å². The number of hydrogen-bond acceptors (Lipinski definition) is 4. The van der Waals surface area contributed by atoms with Crippen LogP contribution in [0.25, 0.3) is 0 Å². The Hall–Kier alpha value is -2.02. The zero-order valence-corrected chi connectivity index (χ0v) is 15.9. The minimum Gasteiger partial charge on any atom is -0.481 e. The highest BCUT2D eigenvalue weighted by Crippen LogP contribution is 2.22. The predicted molar refractivity (Wildman–Crippen MR) is 103 cm³/mol. The predicted octanol–water partition coefficient (Wildman–Crippen LogP) is 3.12. The van der Waals surface area contributed by atoms with Crippen LogP contribution in [0.1, 0.15) is 44.6 Å². The minimum atomic E-state index is -0.794. The normalized spacial score (nSPS) is 16.5. The van der Waals surface area contributed by atoms with Crippen molar-refractivity contribution in [3.05, 3.63) is 29.8 Å². The first-order valence-corrected chi connectivity index (χ1v) is 10.2. The SMILES string of the molecule is CCCC(=O)N1CCCC1C(=O)Nc1cccc(CSCCC(=O)O)c1. The first kappa shape index (κ1) is 20.3. The van der Waals surface area contributed by atoms with Gasteiger partial charge in [0.2, 0.25) is 11.8 Å². The molecular formula is C19H26N2O4S. The van der Waals surface area contributed by atoms with Crippen molar-refractivity contribution in [2.75, 3.05) is 17.6 Å². The molecular weight excluding hydrogens is 352 g/mol. The number of likely N-dealkylation sites (tertiary alicyclic amines) is 1. The smallest absolute Gasteiger partial charge is 0.304 e. The van der Waals surface area contributed by atoms with E-state index in [0.717, 1.165) is 18.4 Å². The Kier molecular flexibility index (Phi) is 7.97. The highest BCUT2D eigenvalue weighted by molar-refractivity contribution is 7.98. The van der Waals surface area contributed by atoms with Crippen LogP contribution >= 0.6 is 11.8 Å². The molecule has 0 aliphatic carbocycles. The molecule has 26 heavy (non-hydrogen) atoms. The van der Waals surface area contributed by atoms with Gasteiger partial charge in [0, 0.05) is 30.2 Å². The quantitative estimate of drug-likeness (QED) is 0.645. The summed E-state index contributed by atoms with van der Waals surface area (Å²) in [4.78, 5) is 37.0. The second kappa shape index (κ2) is 10.2. The molecule has 1 unspecified atom stereocenters. The number of nitrogens with zero attached hydrogens (tertiary/aromatic N) is 1. The minimum absolute atomic E-state index is 0.0498. The maximum atomic E-state index is 12.6. The van der Waals surface area contributed by atoms with Crippen LogP contribution in [-0.2, 0) is 20.1 Å². The van der Waals surface area contributed by atoms with Crippen molar-refractivity contribution in [2.24, 2.45) is 0 Å². The number of rotatable bonds is 9. The number of amides is 2. The number of hydrogen-bond donors (Lipinski definition) is 2. The van der Waals surface area contributed by atoms with Crippen LogP contribution in [0, 0.1) is 0 Å². The van der Waals surface area contributed by atoms with Gasteiger partial charge in [-0.2, -0.15) is 11.8 Å². The summed E-state index contributed by atoms with van der Waals surface area (Å²) in [7, 11) is 0. The number of carbonyl (C=O) groups is 3. The van der Waals surface area contributed by atoms with Gasteiger partial charge in [0.1, 0.15) is 6.04 Å². The topological polar surface area (TPSA) is 86.7 Å². The lowest BCUT2D eigenvalue weighted by atomic mass is 10.1. The highest BCUT2D eigenvalue weighted by Gasteiger charge is 2.33. The summed E-state index contributed by atoms with van der Waals surface area (Å²) in [5.41, 5.74) is 1.74. The van der Waals surface area contributed by atoms with Crippen molar-refractivity contribution in [1.82, 2.24) is 4.90 Å². The summed E-state index contributed by atoms with van der Waals surface area (Å²) >= 11 is 1.55. The largest absolute Gasteiger partial charge is 0.481 e. The summed E-state index contributed by atoms with van der Waals surface area (Å²) in [6.07, 6.45) is 2.96. The summed E-state index contributed by atoms with van der Waals surface area (Å²) in [5.74, 6) is 0.373. The van der Waals surface area contributed by atoms with Gasteiger partial charge in [-0.05, 0) is 37.0 Å². The Morgan fingerprint density at radius 3 is 2.85 bits per heavy atom. The van der Waals surface area contributed by atoms with Gasteiger partial charge in [-0.15, -0.1) is 0 Å². The summed E-state index contributed by atoms with van der Waals surface area (Å²) in [6.45, 7) is 2.61. The molecule has 1 fully saturated rings. The molecule has 0 bridgehead atoms. The molecule has 6 nitrogen and oxygen atoms in total. The molecule has 2 N–H and O–H groups in total. The molecule has 1 aromatic rings. The van der Waals surface area contributed by atoms with E-state index in [-0.39, 0.29) is 24.3 Å². The van der Waals surface area contributed by atoms with Crippen LogP contribution in [0.5, 0.6) is 0 Å². The maximum Gasteiger partial charge on any atom is 0.304 e. The van der Waals surface area contributed by atoms with Gasteiger partial charge in [0.15, 0.2) is 0 Å². The molecule has 2 amide bonds. The number of benzene rings is 1. The zero-order chi connectivity index (χ0) is 18.9. The fourth-order valence-electron chi connectivity index (χ4n) is 3.01. The van der Waals surface area contributed by atoms with Crippen molar-refractivity contribution >= 4 is 35.2 Å². The Bertz CT molecular complexity index is 650. The van der Waals surface area contributed by atoms with E-state index in [1.54, 1.807) is 16.7 Å². The number of carbonyl (C=O) groups excluding carboxylic acids is 2. The summed E-state index contributed by atoms with van der Waals surface area (Å²) in [5, 5.41) is 11.6. The van der Waals surface area contributed by atoms with E-state index in [1.807, 2.05) is 31.2 Å². The van der Waals surface area contributed by atoms with Crippen molar-refractivity contribution in [1.29, 1.82) is 0 Å². The molecule has 1 atom stereocenters. The molecule has 0 aromatic heterocycles. The molecule has 142 valence electrons. The van der Waals surface area contributed by atoms with Crippen LogP contribution in [0.2, 0.25) is 0 Å². The lowest BCUT2D eigenvalue weighted by Gasteiger charge is -2.24. The average molecular weight is 378 g/mol. The second-order valence-electron chi connectivity index (χ2n) is 6.38. The monoisotopic (exact) mass is 378 g/mol. The number of thioether (sulfide) groups is 1. The van der Waals surface area contributed by atoms with Crippen LogP contribution in [0.15, 0.2) is 24.3 Å². The second-order valence-corrected chi connectivity index (χ2v) is 7.49. The van der Waals surface area contributed by atoms with Gasteiger partial charge in [-0.3, -0.25) is 14.4 Å². The molecule has 0 radical (unpaired) electrons. The van der Waals surface area contributed by atoms with Crippen molar-refractivity contribution in [3.63, 3.8) is 0 Å². The third-order valence-corrected chi connectivity index (χ3v) is 5.29. The molecule has 1 aromatic carbocycles. The van der Waals surface area contributed by atoms with Gasteiger partial charge in [0.25, 0.3) is 0 Å². The molecule has 0 spiro atoms. The average Bonchev–Trinajstić information content (AvgIpc) is 3.09. The van der Waals surface area contributed by atoms with Gasteiger partial charge < -0.3 is 15.3 Å². The van der Waals surface area contributed by atoms with E-state index in [4.69, 9.17) is 5.11 Å². The van der Waals surface area contributed by atoms with Gasteiger partial charge >= 0.3 is 5.97 Å². The van der Waals surface area contributed by atoms with Crippen LogP contribution in [-0.4, -0.2) is 46.1 Å². The number of anilines is 1. The first-order valence-electron chi connectivity index (χ1n) is 9.00. The van der Waals surface area contributed by atoms with E-state index in [2.05, 4.69) is 5.32 Å². The fraction of sp³-hybridized carbons (Fsp3) is 0.526. The number of aliphatic carboxylic acids is 1. The molecule has 7 heteroatoms. The van der Waals surface area contributed by atoms with E-state index in [1.165, 1.54) is 0 Å². The van der Waals surface area contributed by atoms with E-state index >= 15 is 0 Å². The number of nitrogens with one attached hydrogen (secondary N) is 1. The molecule has 0 saturated carbocycles. The van der Waals surface area contributed by atoms with Crippen molar-refractivity contribution in [2.45, 2.75) is 50.8 Å². The third kappa shape index (κ3) is 6.05. The third-order valence-electron chi connectivity index (χ3n) is 4.26. The van der Waals surface area contributed by atoms with Crippen LogP contribution in [0.4, 0.5) is 5.69 Å². The molecule has 1 saturated heterocycles. The highest BCUT2D eigenvalue weighted by atomic mass is 32.2.